The van der Waals surface area contributed by atoms with Crippen molar-refractivity contribution in [2.24, 2.45) is 0 Å². The van der Waals surface area contributed by atoms with E-state index < -0.39 is 5.97 Å². The van der Waals surface area contributed by atoms with Crippen LogP contribution in [0.1, 0.15) is 11.3 Å². The molecule has 0 saturated carbocycles. The van der Waals surface area contributed by atoms with Crippen LogP contribution in [-0.4, -0.2) is 40.6 Å². The number of nitrogens with one attached hydrogen (secondary N) is 1. The predicted molar refractivity (Wildman–Crippen MR) is 60.8 cm³/mol. The number of carboxylic acid groups (broad SMARTS) is 1. The summed E-state index contributed by atoms with van der Waals surface area (Å²) >= 11 is 1.37. The third-order valence-corrected chi connectivity index (χ3v) is 2.67. The van der Waals surface area contributed by atoms with E-state index in [-0.39, 0.29) is 19.0 Å². The fourth-order valence-electron chi connectivity index (χ4n) is 0.964. The summed E-state index contributed by atoms with van der Waals surface area (Å²) in [5, 5.41) is 11.6. The van der Waals surface area contributed by atoms with Gasteiger partial charge in [0, 0.05) is 24.7 Å². The van der Waals surface area contributed by atoms with E-state index >= 15 is 0 Å². The van der Waals surface area contributed by atoms with E-state index in [1.54, 1.807) is 13.2 Å². The lowest BCUT2D eigenvalue weighted by Crippen LogP contribution is -2.33. The van der Waals surface area contributed by atoms with E-state index in [2.05, 4.69) is 10.3 Å². The second-order valence-corrected chi connectivity index (χ2v) is 4.51. The third kappa shape index (κ3) is 3.85. The summed E-state index contributed by atoms with van der Waals surface area (Å²) in [4.78, 5) is 28.1. The number of carbonyl (C=O) groups excluding carboxylic acids is 1. The summed E-state index contributed by atoms with van der Waals surface area (Å²) in [6.07, 6.45) is 1.60. The molecule has 0 aliphatic heterocycles. The van der Waals surface area contributed by atoms with Gasteiger partial charge in [0.15, 0.2) is 5.13 Å². The molecular formula is C9H13N3O3S. The van der Waals surface area contributed by atoms with Crippen LogP contribution in [0.2, 0.25) is 0 Å². The van der Waals surface area contributed by atoms with Gasteiger partial charge in [-0.2, -0.15) is 0 Å². The third-order valence-electron chi connectivity index (χ3n) is 1.84. The number of hydrogen-bond donors (Lipinski definition) is 2. The zero-order valence-electron chi connectivity index (χ0n) is 9.06. The van der Waals surface area contributed by atoms with Crippen LogP contribution in [0.25, 0.3) is 0 Å². The molecule has 0 radical (unpaired) electrons. The number of anilines is 1. The maximum atomic E-state index is 11.5. The van der Waals surface area contributed by atoms with Crippen LogP contribution in [0.4, 0.5) is 9.93 Å². The van der Waals surface area contributed by atoms with E-state index in [4.69, 9.17) is 5.11 Å². The normalized spacial score (nSPS) is 9.88. The Morgan fingerprint density at radius 1 is 1.62 bits per heavy atom. The van der Waals surface area contributed by atoms with Gasteiger partial charge in [0.25, 0.3) is 0 Å². The zero-order valence-corrected chi connectivity index (χ0v) is 9.87. The van der Waals surface area contributed by atoms with Crippen LogP contribution in [0.3, 0.4) is 0 Å². The molecule has 2 amide bonds. The lowest BCUT2D eigenvalue weighted by molar-refractivity contribution is -0.137. The maximum Gasteiger partial charge on any atom is 0.323 e. The fourth-order valence-corrected chi connectivity index (χ4v) is 1.62. The number of aryl methyl sites for hydroxylation is 1. The first-order valence-electron chi connectivity index (χ1n) is 4.65. The summed E-state index contributed by atoms with van der Waals surface area (Å²) in [6.45, 7) is 2.06. The number of nitrogens with zero attached hydrogens (tertiary/aromatic N) is 2. The van der Waals surface area contributed by atoms with E-state index in [9.17, 15) is 9.59 Å². The van der Waals surface area contributed by atoms with Crippen LogP contribution >= 0.6 is 11.3 Å². The highest BCUT2D eigenvalue weighted by molar-refractivity contribution is 7.15. The quantitative estimate of drug-likeness (QED) is 0.837. The van der Waals surface area contributed by atoms with Crippen LogP contribution in [-0.2, 0) is 4.79 Å². The van der Waals surface area contributed by atoms with Gasteiger partial charge in [0.1, 0.15) is 0 Å². The molecule has 0 unspecified atom stereocenters. The molecule has 0 fully saturated rings. The average molecular weight is 243 g/mol. The largest absolute Gasteiger partial charge is 0.481 e. The molecule has 0 aliphatic carbocycles. The first-order chi connectivity index (χ1) is 7.49. The minimum absolute atomic E-state index is 0.0686. The van der Waals surface area contributed by atoms with Crippen molar-refractivity contribution in [2.75, 3.05) is 18.9 Å². The van der Waals surface area contributed by atoms with Gasteiger partial charge >= 0.3 is 12.0 Å². The minimum atomic E-state index is -0.926. The monoisotopic (exact) mass is 243 g/mol. The summed E-state index contributed by atoms with van der Waals surface area (Å²) in [6, 6.07) is -0.351. The van der Waals surface area contributed by atoms with Gasteiger partial charge in [-0.15, -0.1) is 11.3 Å². The van der Waals surface area contributed by atoms with Crippen LogP contribution < -0.4 is 5.32 Å². The highest BCUT2D eigenvalue weighted by Gasteiger charge is 2.11. The highest BCUT2D eigenvalue weighted by atomic mass is 32.1. The van der Waals surface area contributed by atoms with Crippen molar-refractivity contribution >= 4 is 28.5 Å². The van der Waals surface area contributed by atoms with Gasteiger partial charge in [-0.3, -0.25) is 10.1 Å². The van der Waals surface area contributed by atoms with Gasteiger partial charge in [0.2, 0.25) is 0 Å². The van der Waals surface area contributed by atoms with Gasteiger partial charge in [-0.05, 0) is 6.92 Å². The number of amides is 2. The Balaban J connectivity index is 2.42. The van der Waals surface area contributed by atoms with Gasteiger partial charge in [-0.25, -0.2) is 9.78 Å². The lowest BCUT2D eigenvalue weighted by atomic mass is 10.4. The minimum Gasteiger partial charge on any atom is -0.481 e. The fraction of sp³-hybridized carbons (Fsp3) is 0.444. The highest BCUT2D eigenvalue weighted by Crippen LogP contribution is 2.16. The molecule has 16 heavy (non-hydrogen) atoms. The van der Waals surface area contributed by atoms with Gasteiger partial charge in [0.05, 0.1) is 6.42 Å². The summed E-state index contributed by atoms with van der Waals surface area (Å²) in [5.74, 6) is -0.926. The van der Waals surface area contributed by atoms with Crippen LogP contribution in [0, 0.1) is 6.92 Å². The molecule has 6 nitrogen and oxygen atoms in total. The Bertz CT molecular complexity index is 391. The first kappa shape index (κ1) is 12.4. The van der Waals surface area contributed by atoms with Crippen molar-refractivity contribution in [2.45, 2.75) is 13.3 Å². The van der Waals surface area contributed by atoms with Gasteiger partial charge < -0.3 is 10.0 Å². The summed E-state index contributed by atoms with van der Waals surface area (Å²) in [5.41, 5.74) is 0. The van der Waals surface area contributed by atoms with Gasteiger partial charge in [-0.1, -0.05) is 0 Å². The molecule has 0 aromatic carbocycles. The van der Waals surface area contributed by atoms with E-state index in [1.807, 2.05) is 6.92 Å². The second kappa shape index (κ2) is 5.45. The van der Waals surface area contributed by atoms with E-state index in [0.29, 0.717) is 5.13 Å². The topological polar surface area (TPSA) is 82.5 Å². The van der Waals surface area contributed by atoms with Crippen molar-refractivity contribution in [3.63, 3.8) is 0 Å². The average Bonchev–Trinajstić information content (AvgIpc) is 2.60. The molecule has 2 N–H and O–H groups in total. The number of urea groups is 1. The Morgan fingerprint density at radius 3 is 2.81 bits per heavy atom. The van der Waals surface area contributed by atoms with Crippen molar-refractivity contribution in [1.29, 1.82) is 0 Å². The van der Waals surface area contributed by atoms with E-state index in [0.717, 1.165) is 4.88 Å². The smallest absolute Gasteiger partial charge is 0.323 e. The number of hydrogen-bond acceptors (Lipinski definition) is 4. The molecule has 0 saturated heterocycles. The lowest BCUT2D eigenvalue weighted by Gasteiger charge is -2.15. The molecule has 0 aliphatic rings. The van der Waals surface area contributed by atoms with Crippen LogP contribution in [0.5, 0.6) is 0 Å². The summed E-state index contributed by atoms with van der Waals surface area (Å²) < 4.78 is 0. The number of rotatable bonds is 4. The maximum absolute atomic E-state index is 11.5. The number of thiazole rings is 1. The second-order valence-electron chi connectivity index (χ2n) is 3.27. The van der Waals surface area contributed by atoms with Crippen molar-refractivity contribution in [1.82, 2.24) is 9.88 Å². The van der Waals surface area contributed by atoms with Crippen molar-refractivity contribution in [3.8, 4) is 0 Å². The molecule has 1 heterocycles. The number of carbonyl (C=O) groups is 2. The Kier molecular flexibility index (Phi) is 4.24. The molecule has 1 rings (SSSR count). The molecular weight excluding hydrogens is 230 g/mol. The van der Waals surface area contributed by atoms with Crippen LogP contribution in [0.15, 0.2) is 6.20 Å². The zero-order chi connectivity index (χ0) is 12.1. The molecule has 0 atom stereocenters. The molecule has 1 aromatic rings. The Labute approximate surface area is 96.9 Å². The van der Waals surface area contributed by atoms with Crippen molar-refractivity contribution in [3.05, 3.63) is 11.1 Å². The number of aromatic nitrogens is 1. The number of aliphatic carboxylic acids is 1. The van der Waals surface area contributed by atoms with Crippen molar-refractivity contribution < 1.29 is 14.7 Å². The molecule has 7 heteroatoms. The summed E-state index contributed by atoms with van der Waals surface area (Å²) in [7, 11) is 1.54. The molecule has 0 bridgehead atoms. The number of carboxylic acids is 1. The SMILES string of the molecule is Cc1cnc(NC(=O)N(C)CCC(=O)O)s1. The molecule has 88 valence electrons. The Hall–Kier alpha value is -1.63. The molecule has 0 spiro atoms. The standard InChI is InChI=1S/C9H13N3O3S/c1-6-5-10-8(16-6)11-9(15)12(2)4-3-7(13)14/h5H,3-4H2,1-2H3,(H,13,14)(H,10,11,15). The first-order valence-corrected chi connectivity index (χ1v) is 5.47. The van der Waals surface area contributed by atoms with E-state index in [1.165, 1.54) is 16.2 Å². The Morgan fingerprint density at radius 2 is 2.31 bits per heavy atom. The molecule has 1 aromatic heterocycles. The predicted octanol–water partition coefficient (Wildman–Crippen LogP) is 1.39.